The first kappa shape index (κ1) is 26.5. The molecule has 0 saturated carbocycles. The van der Waals surface area contributed by atoms with E-state index in [1.165, 1.54) is 36.5 Å². The van der Waals surface area contributed by atoms with Crippen LogP contribution in [0.2, 0.25) is 5.02 Å². The molecule has 7 nitrogen and oxygen atoms in total. The fourth-order valence-corrected chi connectivity index (χ4v) is 5.07. The Morgan fingerprint density at radius 2 is 2.26 bits per heavy atom. The number of allylic oxidation sites excluding steroid dienone is 4. The van der Waals surface area contributed by atoms with E-state index < -0.39 is 5.54 Å². The summed E-state index contributed by atoms with van der Waals surface area (Å²) in [6.45, 7) is 4.95. The summed E-state index contributed by atoms with van der Waals surface area (Å²) >= 11 is 7.92. The van der Waals surface area contributed by atoms with E-state index in [2.05, 4.69) is 16.0 Å². The van der Waals surface area contributed by atoms with E-state index in [1.54, 1.807) is 10.9 Å². The zero-order chi connectivity index (χ0) is 24.7. The molecule has 1 atom stereocenters. The van der Waals surface area contributed by atoms with E-state index in [9.17, 15) is 8.78 Å². The molecule has 1 aliphatic rings. The molecule has 1 saturated heterocycles. The van der Waals surface area contributed by atoms with Crippen LogP contribution in [0.15, 0.2) is 48.2 Å². The summed E-state index contributed by atoms with van der Waals surface area (Å²) in [4.78, 5) is 1.01. The third-order valence-corrected chi connectivity index (χ3v) is 6.87. The monoisotopic (exact) mass is 513 g/mol. The maximum atomic E-state index is 13.5. The molecule has 3 rings (SSSR count). The minimum atomic E-state index is -0.498. The van der Waals surface area contributed by atoms with Gasteiger partial charge >= 0.3 is 0 Å². The smallest absolute Gasteiger partial charge is 0.183 e. The van der Waals surface area contributed by atoms with Gasteiger partial charge in [0.05, 0.1) is 54.5 Å². The summed E-state index contributed by atoms with van der Waals surface area (Å²) in [5, 5.41) is 5.53. The lowest BCUT2D eigenvalue weighted by atomic mass is 9.95. The van der Waals surface area contributed by atoms with Gasteiger partial charge in [-0.05, 0) is 44.1 Å². The van der Waals surface area contributed by atoms with Gasteiger partial charge in [0.15, 0.2) is 5.06 Å². The van der Waals surface area contributed by atoms with Crippen LogP contribution in [0.1, 0.15) is 25.1 Å². The van der Waals surface area contributed by atoms with E-state index >= 15 is 0 Å². The van der Waals surface area contributed by atoms with Crippen molar-refractivity contribution in [2.45, 2.75) is 31.8 Å². The second-order valence-corrected chi connectivity index (χ2v) is 9.40. The molecular weight excluding hydrogens is 484 g/mol. The number of rotatable bonds is 12. The molecule has 2 aromatic heterocycles. The first-order valence-electron chi connectivity index (χ1n) is 10.9. The van der Waals surface area contributed by atoms with Crippen LogP contribution >= 0.6 is 22.9 Å². The van der Waals surface area contributed by atoms with E-state index in [4.69, 9.17) is 26.8 Å². The Bertz CT molecular complexity index is 1040. The molecule has 0 bridgehead atoms. The van der Waals surface area contributed by atoms with Gasteiger partial charge in [-0.15, -0.1) is 11.3 Å². The second kappa shape index (κ2) is 12.1. The molecule has 0 aliphatic carbocycles. The van der Waals surface area contributed by atoms with E-state index in [-0.39, 0.29) is 18.4 Å². The van der Waals surface area contributed by atoms with Crippen LogP contribution in [0, 0.1) is 0 Å². The number of thiophene rings is 1. The number of nitrogens with zero attached hydrogens (tertiary/aromatic N) is 2. The van der Waals surface area contributed by atoms with Crippen molar-refractivity contribution in [3.63, 3.8) is 0 Å². The van der Waals surface area contributed by atoms with Crippen LogP contribution in [-0.2, 0) is 17.3 Å². The average molecular weight is 514 g/mol. The molecule has 3 heterocycles. The Morgan fingerprint density at radius 1 is 1.50 bits per heavy atom. The summed E-state index contributed by atoms with van der Waals surface area (Å²) in [7, 11) is 1.83. The molecule has 1 unspecified atom stereocenters. The molecule has 1 aliphatic heterocycles. The topological polar surface area (TPSA) is 86.4 Å². The van der Waals surface area contributed by atoms with Crippen molar-refractivity contribution in [3.05, 3.63) is 58.1 Å². The van der Waals surface area contributed by atoms with E-state index in [1.807, 2.05) is 20.0 Å². The van der Waals surface area contributed by atoms with E-state index in [0.29, 0.717) is 43.2 Å². The lowest BCUT2D eigenvalue weighted by Gasteiger charge is -2.42. The van der Waals surface area contributed by atoms with Gasteiger partial charge < -0.3 is 15.2 Å². The van der Waals surface area contributed by atoms with Crippen molar-refractivity contribution in [3.8, 4) is 16.3 Å². The molecule has 2 aromatic rings. The van der Waals surface area contributed by atoms with Crippen LogP contribution in [0.5, 0.6) is 5.06 Å². The highest BCUT2D eigenvalue weighted by molar-refractivity contribution is 7.14. The van der Waals surface area contributed by atoms with Gasteiger partial charge in [0.2, 0.25) is 0 Å². The van der Waals surface area contributed by atoms with Gasteiger partial charge in [-0.2, -0.15) is 5.10 Å². The number of nitrogens with two attached hydrogens (primary N) is 1. The van der Waals surface area contributed by atoms with Crippen LogP contribution in [-0.4, -0.2) is 42.2 Å². The molecule has 11 heteroatoms. The zero-order valence-electron chi connectivity index (χ0n) is 19.4. The quantitative estimate of drug-likeness (QED) is 0.286. The molecule has 0 aromatic carbocycles. The number of halogens is 3. The zero-order valence-corrected chi connectivity index (χ0v) is 21.0. The second-order valence-electron chi connectivity index (χ2n) is 7.98. The number of hydrogen-bond acceptors (Lipinski definition) is 7. The number of aromatic nitrogens is 2. The van der Waals surface area contributed by atoms with Crippen molar-refractivity contribution >= 4 is 22.9 Å². The van der Waals surface area contributed by atoms with Gasteiger partial charge in [-0.25, -0.2) is 14.2 Å². The summed E-state index contributed by atoms with van der Waals surface area (Å²) in [5.41, 5.74) is 14.4. The average Bonchev–Trinajstić information content (AvgIpc) is 3.32. The lowest BCUT2D eigenvalue weighted by Crippen LogP contribution is -2.63. The highest BCUT2D eigenvalue weighted by Gasteiger charge is 2.43. The van der Waals surface area contributed by atoms with Crippen LogP contribution in [0.25, 0.3) is 11.3 Å². The summed E-state index contributed by atoms with van der Waals surface area (Å²) in [5.74, 6) is -0.366. The number of aryl methyl sites for hydroxylation is 1. The Balaban J connectivity index is 1.82. The predicted octanol–water partition coefficient (Wildman–Crippen LogP) is 4.52. The SMILES string of the molecule is CCOc1sc(C2(NNC(CN)CC(=C/C=C/F)/C=C(\C)F)COC2)cc1-c1c(Cl)cnn1C. The van der Waals surface area contributed by atoms with Crippen molar-refractivity contribution in [1.29, 1.82) is 0 Å². The Labute approximate surface area is 207 Å². The van der Waals surface area contributed by atoms with Crippen molar-refractivity contribution in [1.82, 2.24) is 20.6 Å². The van der Waals surface area contributed by atoms with Gasteiger partial charge in [0.25, 0.3) is 0 Å². The normalized spacial score (nSPS) is 17.3. The first-order valence-corrected chi connectivity index (χ1v) is 12.1. The Morgan fingerprint density at radius 3 is 2.79 bits per heavy atom. The van der Waals surface area contributed by atoms with Crippen molar-refractivity contribution < 1.29 is 18.3 Å². The van der Waals surface area contributed by atoms with Crippen LogP contribution in [0.4, 0.5) is 8.78 Å². The van der Waals surface area contributed by atoms with Gasteiger partial charge in [0.1, 0.15) is 5.54 Å². The molecule has 186 valence electrons. The number of hydrogen-bond donors (Lipinski definition) is 3. The molecule has 4 N–H and O–H groups in total. The van der Waals surface area contributed by atoms with Crippen molar-refractivity contribution in [2.24, 2.45) is 12.8 Å². The Kier molecular flexibility index (Phi) is 9.40. The largest absolute Gasteiger partial charge is 0.484 e. The third-order valence-electron chi connectivity index (χ3n) is 5.34. The molecular formula is C23H30ClF2N5O2S. The summed E-state index contributed by atoms with van der Waals surface area (Å²) in [6, 6.07) is 1.81. The maximum Gasteiger partial charge on any atom is 0.183 e. The molecule has 0 amide bonds. The summed E-state index contributed by atoms with van der Waals surface area (Å²) < 4.78 is 39.1. The summed E-state index contributed by atoms with van der Waals surface area (Å²) in [6.07, 6.45) is 6.52. The van der Waals surface area contributed by atoms with E-state index in [0.717, 1.165) is 21.2 Å². The molecule has 1 fully saturated rings. The number of nitrogens with one attached hydrogen (secondary N) is 2. The predicted molar refractivity (Wildman–Crippen MR) is 132 cm³/mol. The standard InChI is InChI=1S/C23H30ClF2N5O2S/c1-4-33-22-18(21-19(24)12-28-31(21)3)10-20(34-22)23(13-32-14-23)30-29-17(11-27)9-16(6-5-7-25)8-15(2)26/h5-8,10,12,17,29-30H,4,9,11,13-14,27H2,1-3H3/b7-5+,15-8+,16-6+. The maximum absolute atomic E-state index is 13.5. The highest BCUT2D eigenvalue weighted by Crippen LogP contribution is 2.46. The van der Waals surface area contributed by atoms with Crippen LogP contribution in [0.3, 0.4) is 0 Å². The fourth-order valence-electron chi connectivity index (χ4n) is 3.62. The van der Waals surface area contributed by atoms with Crippen molar-refractivity contribution in [2.75, 3.05) is 26.4 Å². The number of hydrazine groups is 1. The highest BCUT2D eigenvalue weighted by atomic mass is 35.5. The van der Waals surface area contributed by atoms with Crippen LogP contribution < -0.4 is 21.3 Å². The minimum Gasteiger partial charge on any atom is -0.484 e. The molecule has 34 heavy (non-hydrogen) atoms. The molecule has 0 radical (unpaired) electrons. The lowest BCUT2D eigenvalue weighted by molar-refractivity contribution is -0.0854. The first-order chi connectivity index (χ1) is 16.3. The van der Waals surface area contributed by atoms with Gasteiger partial charge in [-0.1, -0.05) is 17.7 Å². The Hall–Kier alpha value is -2.08. The number of ether oxygens (including phenoxy) is 2. The fraction of sp³-hybridized carbons (Fsp3) is 0.435. The van der Waals surface area contributed by atoms with Gasteiger partial charge in [0, 0.05) is 24.5 Å². The van der Waals surface area contributed by atoms with Gasteiger partial charge in [-0.3, -0.25) is 10.1 Å². The molecule has 0 spiro atoms. The minimum absolute atomic E-state index is 0.232. The third kappa shape index (κ3) is 6.12.